The van der Waals surface area contributed by atoms with Crippen molar-refractivity contribution < 1.29 is 0 Å². The molecule has 0 aliphatic heterocycles. The smallest absolute Gasteiger partial charge is 0.191 e. The van der Waals surface area contributed by atoms with Crippen LogP contribution in [0, 0.1) is 0 Å². The molecule has 0 aromatic carbocycles. The van der Waals surface area contributed by atoms with Gasteiger partial charge in [0, 0.05) is 51.2 Å². The zero-order valence-electron chi connectivity index (χ0n) is 16.9. The molecule has 1 rings (SSSR count). The van der Waals surface area contributed by atoms with Gasteiger partial charge < -0.3 is 15.2 Å². The predicted octanol–water partition coefficient (Wildman–Crippen LogP) is 1.90. The highest BCUT2D eigenvalue weighted by Crippen LogP contribution is 2.03. The summed E-state index contributed by atoms with van der Waals surface area (Å²) >= 11 is 0. The lowest BCUT2D eigenvalue weighted by Gasteiger charge is -2.30. The van der Waals surface area contributed by atoms with Crippen LogP contribution >= 0.6 is 0 Å². The molecular weight excluding hydrogens is 314 g/mol. The normalized spacial score (nSPS) is 12.4. The number of aliphatic imine (C=N–C) groups is 1. The third kappa shape index (κ3) is 7.86. The predicted molar refractivity (Wildman–Crippen MR) is 105 cm³/mol. The lowest BCUT2D eigenvalue weighted by atomic mass is 10.2. The van der Waals surface area contributed by atoms with E-state index < -0.39 is 0 Å². The minimum atomic E-state index is 0.548. The molecule has 144 valence electrons. The molecule has 2 N–H and O–H groups in total. The summed E-state index contributed by atoms with van der Waals surface area (Å²) in [6, 6.07) is 1.10. The van der Waals surface area contributed by atoms with Crippen LogP contribution in [0.5, 0.6) is 0 Å². The van der Waals surface area contributed by atoms with Gasteiger partial charge in [0.25, 0.3) is 0 Å². The Kier molecular flexibility index (Phi) is 10.1. The van der Waals surface area contributed by atoms with Crippen molar-refractivity contribution in [3.63, 3.8) is 0 Å². The van der Waals surface area contributed by atoms with E-state index in [1.54, 1.807) is 6.33 Å². The van der Waals surface area contributed by atoms with Crippen molar-refractivity contribution in [2.45, 2.75) is 73.0 Å². The zero-order valence-corrected chi connectivity index (χ0v) is 16.9. The molecule has 0 unspecified atom stereocenters. The molecule has 1 aromatic rings. The van der Waals surface area contributed by atoms with Crippen LogP contribution < -0.4 is 10.6 Å². The van der Waals surface area contributed by atoms with Crippen LogP contribution in [0.2, 0.25) is 0 Å². The summed E-state index contributed by atoms with van der Waals surface area (Å²) in [6.07, 6.45) is 3.73. The van der Waals surface area contributed by atoms with Crippen molar-refractivity contribution in [1.29, 1.82) is 0 Å². The second-order valence-corrected chi connectivity index (χ2v) is 6.80. The second-order valence-electron chi connectivity index (χ2n) is 6.80. The largest absolute Gasteiger partial charge is 0.355 e. The van der Waals surface area contributed by atoms with Crippen LogP contribution in [0.15, 0.2) is 11.3 Å². The molecule has 0 saturated carbocycles. The van der Waals surface area contributed by atoms with Crippen molar-refractivity contribution >= 4 is 5.96 Å². The topological polar surface area (TPSA) is 70.4 Å². The quantitative estimate of drug-likeness (QED) is 0.471. The Morgan fingerprint density at radius 1 is 1.16 bits per heavy atom. The SMILES string of the molecule is CCCN=C(NCCN(C(C)C)C(C)C)NCCn1cnnc1CC. The van der Waals surface area contributed by atoms with Gasteiger partial charge >= 0.3 is 0 Å². The molecule has 25 heavy (non-hydrogen) atoms. The lowest BCUT2D eigenvalue weighted by Crippen LogP contribution is -2.45. The molecule has 0 spiro atoms. The monoisotopic (exact) mass is 351 g/mol. The number of hydrogen-bond donors (Lipinski definition) is 2. The fourth-order valence-corrected chi connectivity index (χ4v) is 2.85. The van der Waals surface area contributed by atoms with Crippen LogP contribution in [-0.4, -0.2) is 63.9 Å². The van der Waals surface area contributed by atoms with Gasteiger partial charge in [-0.25, -0.2) is 0 Å². The van der Waals surface area contributed by atoms with Crippen molar-refractivity contribution in [3.8, 4) is 0 Å². The number of guanidine groups is 1. The molecule has 7 nitrogen and oxygen atoms in total. The first-order valence-electron chi connectivity index (χ1n) is 9.64. The molecule has 0 saturated heterocycles. The van der Waals surface area contributed by atoms with E-state index in [0.717, 1.165) is 57.3 Å². The Balaban J connectivity index is 2.46. The molecule has 0 atom stereocenters. The lowest BCUT2D eigenvalue weighted by molar-refractivity contribution is 0.178. The fourth-order valence-electron chi connectivity index (χ4n) is 2.85. The molecule has 0 bridgehead atoms. The number of hydrogen-bond acceptors (Lipinski definition) is 4. The summed E-state index contributed by atoms with van der Waals surface area (Å²) in [7, 11) is 0. The number of nitrogens with zero attached hydrogens (tertiary/aromatic N) is 5. The zero-order chi connectivity index (χ0) is 18.7. The molecule has 0 fully saturated rings. The molecule has 1 aromatic heterocycles. The van der Waals surface area contributed by atoms with Crippen LogP contribution in [-0.2, 0) is 13.0 Å². The number of aromatic nitrogens is 3. The van der Waals surface area contributed by atoms with E-state index >= 15 is 0 Å². The van der Waals surface area contributed by atoms with E-state index in [0.29, 0.717) is 12.1 Å². The summed E-state index contributed by atoms with van der Waals surface area (Å²) in [5, 5.41) is 15.0. The van der Waals surface area contributed by atoms with E-state index in [9.17, 15) is 0 Å². The first kappa shape index (κ1) is 21.4. The van der Waals surface area contributed by atoms with Gasteiger partial charge in [0.2, 0.25) is 0 Å². The van der Waals surface area contributed by atoms with Gasteiger partial charge in [-0.3, -0.25) is 9.89 Å². The van der Waals surface area contributed by atoms with Gasteiger partial charge in [0.15, 0.2) is 5.96 Å². The average Bonchev–Trinajstić information content (AvgIpc) is 3.02. The maximum Gasteiger partial charge on any atom is 0.191 e. The van der Waals surface area contributed by atoms with Gasteiger partial charge in [-0.2, -0.15) is 0 Å². The third-order valence-electron chi connectivity index (χ3n) is 4.14. The Morgan fingerprint density at radius 3 is 2.44 bits per heavy atom. The fraction of sp³-hybridized carbons (Fsp3) is 0.833. The van der Waals surface area contributed by atoms with E-state index in [-0.39, 0.29) is 0 Å². The van der Waals surface area contributed by atoms with E-state index in [2.05, 4.69) is 76.8 Å². The van der Waals surface area contributed by atoms with Crippen molar-refractivity contribution in [3.05, 3.63) is 12.2 Å². The van der Waals surface area contributed by atoms with Crippen LogP contribution in [0.3, 0.4) is 0 Å². The molecule has 1 heterocycles. The minimum absolute atomic E-state index is 0.548. The average molecular weight is 352 g/mol. The van der Waals surface area contributed by atoms with Crippen molar-refractivity contribution in [2.24, 2.45) is 4.99 Å². The molecule has 7 heteroatoms. The second kappa shape index (κ2) is 11.8. The first-order valence-corrected chi connectivity index (χ1v) is 9.64. The van der Waals surface area contributed by atoms with Gasteiger partial charge in [0.1, 0.15) is 12.2 Å². The molecule has 0 aliphatic rings. The maximum absolute atomic E-state index is 4.63. The maximum atomic E-state index is 4.63. The van der Waals surface area contributed by atoms with Crippen molar-refractivity contribution in [1.82, 2.24) is 30.3 Å². The Hall–Kier alpha value is -1.63. The Morgan fingerprint density at radius 2 is 1.84 bits per heavy atom. The molecule has 0 amide bonds. The first-order chi connectivity index (χ1) is 12.0. The summed E-state index contributed by atoms with van der Waals surface area (Å²) in [4.78, 5) is 7.11. The number of nitrogens with one attached hydrogen (secondary N) is 2. The van der Waals surface area contributed by atoms with Crippen molar-refractivity contribution in [2.75, 3.05) is 26.2 Å². The van der Waals surface area contributed by atoms with Crippen LogP contribution in [0.25, 0.3) is 0 Å². The summed E-state index contributed by atoms with van der Waals surface area (Å²) in [6.45, 7) is 17.6. The van der Waals surface area contributed by atoms with Gasteiger partial charge in [-0.05, 0) is 34.1 Å². The summed E-state index contributed by atoms with van der Waals surface area (Å²) < 4.78 is 2.09. The minimum Gasteiger partial charge on any atom is -0.355 e. The number of aryl methyl sites for hydroxylation is 1. The molecule has 0 radical (unpaired) electrons. The standard InChI is InChI=1S/C18H37N7/c1-7-9-19-18(21-11-13-25(15(3)4)16(5)6)20-10-12-24-14-22-23-17(24)8-2/h14-16H,7-13H2,1-6H3,(H2,19,20,21). The summed E-state index contributed by atoms with van der Waals surface area (Å²) in [5.74, 6) is 1.91. The summed E-state index contributed by atoms with van der Waals surface area (Å²) in [5.41, 5.74) is 0. The Bertz CT molecular complexity index is 485. The van der Waals surface area contributed by atoms with Crippen LogP contribution in [0.4, 0.5) is 0 Å². The number of rotatable bonds is 11. The van der Waals surface area contributed by atoms with Gasteiger partial charge in [-0.15, -0.1) is 10.2 Å². The highest BCUT2D eigenvalue weighted by Gasteiger charge is 2.12. The highest BCUT2D eigenvalue weighted by molar-refractivity contribution is 5.79. The Labute approximate surface area is 153 Å². The van der Waals surface area contributed by atoms with E-state index in [1.807, 2.05) is 0 Å². The van der Waals surface area contributed by atoms with Crippen LogP contribution in [0.1, 0.15) is 53.8 Å². The molecular formula is C18H37N7. The van der Waals surface area contributed by atoms with Gasteiger partial charge in [0.05, 0.1) is 0 Å². The van der Waals surface area contributed by atoms with E-state index in [1.165, 1.54) is 0 Å². The third-order valence-corrected chi connectivity index (χ3v) is 4.14. The van der Waals surface area contributed by atoms with Gasteiger partial charge in [-0.1, -0.05) is 13.8 Å². The van der Waals surface area contributed by atoms with E-state index in [4.69, 9.17) is 0 Å². The molecule has 0 aliphatic carbocycles. The highest BCUT2D eigenvalue weighted by atomic mass is 15.3.